The van der Waals surface area contributed by atoms with Gasteiger partial charge in [-0.1, -0.05) is 30.4 Å². The van der Waals surface area contributed by atoms with E-state index in [1.807, 2.05) is 0 Å². The first-order chi connectivity index (χ1) is 13.8. The van der Waals surface area contributed by atoms with Crippen molar-refractivity contribution in [2.24, 2.45) is 0 Å². The number of carboxylic acid groups (broad SMARTS) is 1. The van der Waals surface area contributed by atoms with Gasteiger partial charge in [0.25, 0.3) is 5.91 Å². The maximum atomic E-state index is 13.4. The Kier molecular flexibility index (Phi) is 6.81. The molecule has 1 aromatic heterocycles. The molecule has 0 spiro atoms. The topological polar surface area (TPSA) is 70.8 Å². The van der Waals surface area contributed by atoms with Gasteiger partial charge in [-0.25, -0.2) is 8.78 Å². The maximum Gasteiger partial charge on any atom is 0.303 e. The molecule has 1 amide bonds. The normalized spacial score (nSPS) is 15.5. The van der Waals surface area contributed by atoms with E-state index < -0.39 is 17.6 Å². The van der Waals surface area contributed by atoms with Crippen LogP contribution in [0.5, 0.6) is 0 Å². The molecule has 0 saturated carbocycles. The number of halogens is 2. The summed E-state index contributed by atoms with van der Waals surface area (Å²) < 4.78 is 32.5. The number of rotatable bonds is 8. The highest BCUT2D eigenvalue weighted by Crippen LogP contribution is 2.34. The fourth-order valence-corrected chi connectivity index (χ4v) is 4.07. The Balaban J connectivity index is 1.64. The maximum absolute atomic E-state index is 13.4. The number of hydrogen-bond acceptors (Lipinski definition) is 5. The number of unbranched alkanes of at least 4 members (excludes halogenated alkanes) is 2. The van der Waals surface area contributed by atoms with Gasteiger partial charge in [0.05, 0.1) is 4.91 Å². The third kappa shape index (κ3) is 5.30. The molecule has 9 heteroatoms. The zero-order valence-corrected chi connectivity index (χ0v) is 16.8. The summed E-state index contributed by atoms with van der Waals surface area (Å²) in [5.74, 6) is -2.23. The quantitative estimate of drug-likeness (QED) is 0.353. The second-order valence-corrected chi connectivity index (χ2v) is 8.04. The SMILES string of the molecule is O=C(O)CCCCCN1C(=O)/C(=C/c2ccc(-c3ccc(F)c(F)c3)o2)SC1=S. The summed E-state index contributed by atoms with van der Waals surface area (Å²) in [5.41, 5.74) is 0.387. The minimum absolute atomic E-state index is 0.108. The van der Waals surface area contributed by atoms with E-state index >= 15 is 0 Å². The molecule has 5 nitrogen and oxygen atoms in total. The second kappa shape index (κ2) is 9.32. The van der Waals surface area contributed by atoms with Crippen LogP contribution < -0.4 is 0 Å². The fourth-order valence-electron chi connectivity index (χ4n) is 2.78. The Labute approximate surface area is 175 Å². The van der Waals surface area contributed by atoms with Gasteiger partial charge in [0, 0.05) is 24.6 Å². The lowest BCUT2D eigenvalue weighted by molar-refractivity contribution is -0.137. The molecule has 1 saturated heterocycles. The molecular weight excluding hydrogens is 420 g/mol. The van der Waals surface area contributed by atoms with E-state index in [0.29, 0.717) is 52.1 Å². The van der Waals surface area contributed by atoms with Gasteiger partial charge in [-0.15, -0.1) is 0 Å². The van der Waals surface area contributed by atoms with Crippen LogP contribution in [-0.2, 0) is 9.59 Å². The molecule has 0 aliphatic carbocycles. The molecule has 1 aromatic carbocycles. The standard InChI is InChI=1S/C20H17F2NO4S2/c21-14-7-5-12(10-15(14)22)16-8-6-13(27-16)11-17-19(26)23(20(28)29-17)9-3-1-2-4-18(24)25/h5-8,10-11H,1-4,9H2,(H,24,25)/b17-11-. The van der Waals surface area contributed by atoms with E-state index in [0.717, 1.165) is 23.9 Å². The number of aliphatic carboxylic acids is 1. The highest BCUT2D eigenvalue weighted by atomic mass is 32.2. The van der Waals surface area contributed by atoms with Crippen molar-refractivity contribution < 1.29 is 27.9 Å². The lowest BCUT2D eigenvalue weighted by Crippen LogP contribution is -2.29. The zero-order chi connectivity index (χ0) is 21.0. The van der Waals surface area contributed by atoms with Crippen LogP contribution in [0.3, 0.4) is 0 Å². The molecule has 1 N–H and O–H groups in total. The van der Waals surface area contributed by atoms with Gasteiger partial charge >= 0.3 is 5.97 Å². The van der Waals surface area contributed by atoms with Gasteiger partial charge in [-0.2, -0.15) is 0 Å². The number of thiocarbonyl (C=S) groups is 1. The van der Waals surface area contributed by atoms with Crippen molar-refractivity contribution in [2.75, 3.05) is 6.54 Å². The lowest BCUT2D eigenvalue weighted by atomic mass is 10.1. The number of carbonyl (C=O) groups excluding carboxylic acids is 1. The van der Waals surface area contributed by atoms with Crippen LogP contribution in [0.2, 0.25) is 0 Å². The van der Waals surface area contributed by atoms with Crippen molar-refractivity contribution in [1.82, 2.24) is 4.90 Å². The largest absolute Gasteiger partial charge is 0.481 e. The Hall–Kier alpha value is -2.52. The molecule has 1 aliphatic rings. The highest BCUT2D eigenvalue weighted by Gasteiger charge is 2.31. The lowest BCUT2D eigenvalue weighted by Gasteiger charge is -2.13. The van der Waals surface area contributed by atoms with Crippen LogP contribution >= 0.6 is 24.0 Å². The summed E-state index contributed by atoms with van der Waals surface area (Å²) in [7, 11) is 0. The number of amides is 1. The first-order valence-electron chi connectivity index (χ1n) is 8.87. The third-order valence-corrected chi connectivity index (χ3v) is 5.63. The summed E-state index contributed by atoms with van der Waals surface area (Å²) in [6.07, 6.45) is 3.58. The molecule has 3 rings (SSSR count). The predicted octanol–water partition coefficient (Wildman–Crippen LogP) is 5.07. The van der Waals surface area contributed by atoms with E-state index in [1.165, 1.54) is 11.0 Å². The molecule has 0 unspecified atom stereocenters. The van der Waals surface area contributed by atoms with Crippen LogP contribution in [0.25, 0.3) is 17.4 Å². The summed E-state index contributed by atoms with van der Waals surface area (Å²) >= 11 is 6.42. The number of hydrogen-bond donors (Lipinski definition) is 1. The zero-order valence-electron chi connectivity index (χ0n) is 15.2. The predicted molar refractivity (Wildman–Crippen MR) is 110 cm³/mol. The van der Waals surface area contributed by atoms with Gasteiger partial charge in [0.1, 0.15) is 15.8 Å². The minimum atomic E-state index is -0.968. The molecular formula is C20H17F2NO4S2. The van der Waals surface area contributed by atoms with Crippen molar-refractivity contribution in [1.29, 1.82) is 0 Å². The van der Waals surface area contributed by atoms with Crippen molar-refractivity contribution in [3.05, 3.63) is 52.6 Å². The smallest absolute Gasteiger partial charge is 0.303 e. The first-order valence-corrected chi connectivity index (χ1v) is 10.1. The second-order valence-electron chi connectivity index (χ2n) is 6.37. The van der Waals surface area contributed by atoms with Crippen molar-refractivity contribution in [3.63, 3.8) is 0 Å². The molecule has 1 fully saturated rings. The molecule has 1 aliphatic heterocycles. The molecule has 29 heavy (non-hydrogen) atoms. The molecule has 0 atom stereocenters. The monoisotopic (exact) mass is 437 g/mol. The van der Waals surface area contributed by atoms with Crippen molar-refractivity contribution in [3.8, 4) is 11.3 Å². The highest BCUT2D eigenvalue weighted by molar-refractivity contribution is 8.26. The fraction of sp³-hybridized carbons (Fsp3) is 0.250. The van der Waals surface area contributed by atoms with Crippen molar-refractivity contribution in [2.45, 2.75) is 25.7 Å². The van der Waals surface area contributed by atoms with Crippen LogP contribution in [0.1, 0.15) is 31.4 Å². The molecule has 152 valence electrons. The van der Waals surface area contributed by atoms with E-state index in [2.05, 4.69) is 0 Å². The number of benzene rings is 1. The molecule has 0 radical (unpaired) electrons. The average molecular weight is 437 g/mol. The van der Waals surface area contributed by atoms with Gasteiger partial charge in [-0.05, 0) is 43.2 Å². The minimum Gasteiger partial charge on any atom is -0.481 e. The summed E-state index contributed by atoms with van der Waals surface area (Å²) in [4.78, 5) is 25.0. The van der Waals surface area contributed by atoms with Gasteiger partial charge in [0.15, 0.2) is 11.6 Å². The average Bonchev–Trinajstić information content (AvgIpc) is 3.23. The van der Waals surface area contributed by atoms with Crippen LogP contribution in [-0.4, -0.2) is 32.7 Å². The number of nitrogens with zero attached hydrogens (tertiary/aromatic N) is 1. The van der Waals surface area contributed by atoms with Crippen LogP contribution in [0.15, 0.2) is 39.7 Å². The van der Waals surface area contributed by atoms with E-state index in [9.17, 15) is 18.4 Å². The Bertz CT molecular complexity index is 987. The van der Waals surface area contributed by atoms with Gasteiger partial charge in [-0.3, -0.25) is 14.5 Å². The third-order valence-electron chi connectivity index (χ3n) is 4.25. The summed E-state index contributed by atoms with van der Waals surface area (Å²) in [6, 6.07) is 6.72. The summed E-state index contributed by atoms with van der Waals surface area (Å²) in [5, 5.41) is 8.64. The molecule has 2 aromatic rings. The van der Waals surface area contributed by atoms with E-state index in [-0.39, 0.29) is 12.3 Å². The Morgan fingerprint density at radius 3 is 2.69 bits per heavy atom. The van der Waals surface area contributed by atoms with Crippen LogP contribution in [0, 0.1) is 11.6 Å². The first kappa shape index (κ1) is 21.2. The Morgan fingerprint density at radius 1 is 1.17 bits per heavy atom. The van der Waals surface area contributed by atoms with Gasteiger partial charge in [0.2, 0.25) is 0 Å². The number of furan rings is 1. The number of carbonyl (C=O) groups is 2. The molecule has 0 bridgehead atoms. The van der Waals surface area contributed by atoms with E-state index in [1.54, 1.807) is 18.2 Å². The number of thioether (sulfide) groups is 1. The van der Waals surface area contributed by atoms with Gasteiger partial charge < -0.3 is 9.52 Å². The number of carboxylic acids is 1. The Morgan fingerprint density at radius 2 is 1.97 bits per heavy atom. The van der Waals surface area contributed by atoms with E-state index in [4.69, 9.17) is 21.7 Å². The van der Waals surface area contributed by atoms with Crippen molar-refractivity contribution >= 4 is 46.3 Å². The molecule has 2 heterocycles. The summed E-state index contributed by atoms with van der Waals surface area (Å²) in [6.45, 7) is 0.430. The van der Waals surface area contributed by atoms with Crippen LogP contribution in [0.4, 0.5) is 8.78 Å².